The Balaban J connectivity index is 1.86. The Kier molecular flexibility index (Phi) is 3.89. The normalized spacial score (nSPS) is 10.1. The smallest absolute Gasteiger partial charge is 0.236 e. The van der Waals surface area contributed by atoms with Crippen molar-refractivity contribution in [2.24, 2.45) is 0 Å². The number of hydrogen-bond acceptors (Lipinski definition) is 7. The molecule has 3 N–H and O–H groups in total. The van der Waals surface area contributed by atoms with Crippen LogP contribution in [-0.4, -0.2) is 26.6 Å². The SMILES string of the molecule is Nc1nccnc1SCC(=O)Nc1nccs1. The average molecular weight is 267 g/mol. The Morgan fingerprint density at radius 2 is 2.18 bits per heavy atom. The number of hydrogen-bond donors (Lipinski definition) is 2. The zero-order chi connectivity index (χ0) is 12.1. The topological polar surface area (TPSA) is 93.8 Å². The predicted octanol–water partition coefficient (Wildman–Crippen LogP) is 1.25. The molecule has 88 valence electrons. The maximum absolute atomic E-state index is 11.5. The first kappa shape index (κ1) is 11.8. The van der Waals surface area contributed by atoms with E-state index in [-0.39, 0.29) is 11.7 Å². The fourth-order valence-corrected chi connectivity index (χ4v) is 2.24. The number of anilines is 2. The maximum atomic E-state index is 11.5. The molecule has 0 radical (unpaired) electrons. The number of thioether (sulfide) groups is 1. The van der Waals surface area contributed by atoms with Gasteiger partial charge in [-0.05, 0) is 0 Å². The van der Waals surface area contributed by atoms with Crippen molar-refractivity contribution in [2.75, 3.05) is 16.8 Å². The second-order valence-corrected chi connectivity index (χ2v) is 4.78. The van der Waals surface area contributed by atoms with Crippen LogP contribution in [0, 0.1) is 0 Å². The molecular weight excluding hydrogens is 258 g/mol. The number of nitrogens with two attached hydrogens (primary N) is 1. The molecule has 2 aromatic rings. The van der Waals surface area contributed by atoms with Crippen LogP contribution in [0.3, 0.4) is 0 Å². The van der Waals surface area contributed by atoms with Crippen LogP contribution in [0.5, 0.6) is 0 Å². The number of aromatic nitrogens is 3. The molecule has 0 aliphatic rings. The highest BCUT2D eigenvalue weighted by Gasteiger charge is 2.07. The summed E-state index contributed by atoms with van der Waals surface area (Å²) in [7, 11) is 0. The van der Waals surface area contributed by atoms with Crippen molar-refractivity contribution in [1.82, 2.24) is 15.0 Å². The monoisotopic (exact) mass is 267 g/mol. The van der Waals surface area contributed by atoms with Gasteiger partial charge in [0.1, 0.15) is 5.03 Å². The van der Waals surface area contributed by atoms with Crippen molar-refractivity contribution in [3.8, 4) is 0 Å². The summed E-state index contributed by atoms with van der Waals surface area (Å²) >= 11 is 2.61. The van der Waals surface area contributed by atoms with E-state index < -0.39 is 0 Å². The van der Waals surface area contributed by atoms with Gasteiger partial charge in [-0.2, -0.15) is 0 Å². The zero-order valence-corrected chi connectivity index (χ0v) is 10.3. The predicted molar refractivity (Wildman–Crippen MR) is 67.9 cm³/mol. The van der Waals surface area contributed by atoms with E-state index in [1.807, 2.05) is 0 Å². The van der Waals surface area contributed by atoms with Gasteiger partial charge >= 0.3 is 0 Å². The molecule has 2 rings (SSSR count). The fourth-order valence-electron chi connectivity index (χ4n) is 1.02. The van der Waals surface area contributed by atoms with Crippen molar-refractivity contribution in [3.05, 3.63) is 24.0 Å². The van der Waals surface area contributed by atoms with Crippen LogP contribution in [0.15, 0.2) is 29.0 Å². The molecule has 0 saturated carbocycles. The van der Waals surface area contributed by atoms with Gasteiger partial charge in [0.25, 0.3) is 0 Å². The zero-order valence-electron chi connectivity index (χ0n) is 8.66. The second kappa shape index (κ2) is 5.60. The molecule has 17 heavy (non-hydrogen) atoms. The Hall–Kier alpha value is -1.67. The Morgan fingerprint density at radius 3 is 2.88 bits per heavy atom. The molecule has 6 nitrogen and oxygen atoms in total. The van der Waals surface area contributed by atoms with Gasteiger partial charge in [0.05, 0.1) is 5.75 Å². The number of carbonyl (C=O) groups excluding carboxylic acids is 1. The minimum Gasteiger partial charge on any atom is -0.381 e. The Labute approximate surface area is 106 Å². The average Bonchev–Trinajstić information content (AvgIpc) is 2.81. The van der Waals surface area contributed by atoms with E-state index in [4.69, 9.17) is 5.73 Å². The van der Waals surface area contributed by atoms with Crippen LogP contribution in [0.25, 0.3) is 0 Å². The molecule has 0 aliphatic heterocycles. The lowest BCUT2D eigenvalue weighted by molar-refractivity contribution is -0.113. The minimum absolute atomic E-state index is 0.144. The Morgan fingerprint density at radius 1 is 1.35 bits per heavy atom. The summed E-state index contributed by atoms with van der Waals surface area (Å²) in [4.78, 5) is 23.4. The number of nitrogen functional groups attached to an aromatic ring is 1. The highest BCUT2D eigenvalue weighted by Crippen LogP contribution is 2.20. The van der Waals surface area contributed by atoms with Gasteiger partial charge in [0.2, 0.25) is 5.91 Å². The summed E-state index contributed by atoms with van der Waals surface area (Å²) < 4.78 is 0. The van der Waals surface area contributed by atoms with Crippen LogP contribution in [0.1, 0.15) is 0 Å². The lowest BCUT2D eigenvalue weighted by Crippen LogP contribution is -2.14. The van der Waals surface area contributed by atoms with E-state index in [9.17, 15) is 4.79 Å². The molecule has 8 heteroatoms. The number of nitrogens with zero attached hydrogens (tertiary/aromatic N) is 3. The Bertz CT molecular complexity index is 502. The summed E-state index contributed by atoms with van der Waals surface area (Å²) in [6.07, 6.45) is 4.68. The van der Waals surface area contributed by atoms with Gasteiger partial charge in [-0.25, -0.2) is 15.0 Å². The van der Waals surface area contributed by atoms with E-state index >= 15 is 0 Å². The molecule has 0 fully saturated rings. The van der Waals surface area contributed by atoms with Crippen LogP contribution in [0.2, 0.25) is 0 Å². The summed E-state index contributed by atoms with van der Waals surface area (Å²) in [6, 6.07) is 0. The van der Waals surface area contributed by atoms with Gasteiger partial charge in [-0.3, -0.25) is 4.79 Å². The van der Waals surface area contributed by atoms with Crippen molar-refractivity contribution in [3.63, 3.8) is 0 Å². The molecule has 0 aromatic carbocycles. The third-order valence-electron chi connectivity index (χ3n) is 1.71. The highest BCUT2D eigenvalue weighted by molar-refractivity contribution is 8.00. The highest BCUT2D eigenvalue weighted by atomic mass is 32.2. The number of rotatable bonds is 4. The lowest BCUT2D eigenvalue weighted by atomic mass is 10.7. The molecule has 0 bridgehead atoms. The van der Waals surface area contributed by atoms with Gasteiger partial charge < -0.3 is 11.1 Å². The van der Waals surface area contributed by atoms with Gasteiger partial charge in [-0.15, -0.1) is 11.3 Å². The molecular formula is C9H9N5OS2. The quantitative estimate of drug-likeness (QED) is 0.810. The summed E-state index contributed by atoms with van der Waals surface area (Å²) in [5.74, 6) is 0.414. The first-order chi connectivity index (χ1) is 8.25. The van der Waals surface area contributed by atoms with E-state index in [0.29, 0.717) is 16.0 Å². The second-order valence-electron chi connectivity index (χ2n) is 2.92. The molecule has 0 atom stereocenters. The van der Waals surface area contributed by atoms with Crippen molar-refractivity contribution < 1.29 is 4.79 Å². The molecule has 2 aromatic heterocycles. The summed E-state index contributed by atoms with van der Waals surface area (Å²) in [6.45, 7) is 0. The van der Waals surface area contributed by atoms with Gasteiger partial charge in [-0.1, -0.05) is 11.8 Å². The molecule has 1 amide bonds. The van der Waals surface area contributed by atoms with Crippen molar-refractivity contribution >= 4 is 40.0 Å². The molecule has 0 saturated heterocycles. The van der Waals surface area contributed by atoms with E-state index in [1.54, 1.807) is 11.6 Å². The third kappa shape index (κ3) is 3.40. The van der Waals surface area contributed by atoms with Crippen molar-refractivity contribution in [1.29, 1.82) is 0 Å². The van der Waals surface area contributed by atoms with Crippen LogP contribution in [0.4, 0.5) is 10.9 Å². The number of thiazole rings is 1. The lowest BCUT2D eigenvalue weighted by Gasteiger charge is -2.02. The van der Waals surface area contributed by atoms with Gasteiger partial charge in [0, 0.05) is 24.0 Å². The number of nitrogens with one attached hydrogen (secondary N) is 1. The summed E-state index contributed by atoms with van der Waals surface area (Å²) in [5.41, 5.74) is 5.61. The molecule has 0 unspecified atom stereocenters. The van der Waals surface area contributed by atoms with Crippen LogP contribution < -0.4 is 11.1 Å². The van der Waals surface area contributed by atoms with E-state index in [0.717, 1.165) is 0 Å². The van der Waals surface area contributed by atoms with E-state index in [2.05, 4.69) is 20.3 Å². The molecule has 2 heterocycles. The van der Waals surface area contributed by atoms with Crippen LogP contribution >= 0.6 is 23.1 Å². The summed E-state index contributed by atoms with van der Waals surface area (Å²) in [5, 5.41) is 5.61. The number of carbonyl (C=O) groups is 1. The maximum Gasteiger partial charge on any atom is 0.236 e. The minimum atomic E-state index is -0.144. The standard InChI is InChI=1S/C9H9N5OS2/c10-7-8(12-2-1-11-7)17-5-6(15)14-9-13-3-4-16-9/h1-4H,5H2,(H2,10,11)(H,13,14,15). The van der Waals surface area contributed by atoms with Crippen LogP contribution in [-0.2, 0) is 4.79 Å². The third-order valence-corrected chi connectivity index (χ3v) is 3.39. The fraction of sp³-hybridized carbons (Fsp3) is 0.111. The first-order valence-corrected chi connectivity index (χ1v) is 6.51. The number of amides is 1. The van der Waals surface area contributed by atoms with Crippen molar-refractivity contribution in [2.45, 2.75) is 5.03 Å². The molecule has 0 spiro atoms. The van der Waals surface area contributed by atoms with Gasteiger partial charge in [0.15, 0.2) is 10.9 Å². The first-order valence-electron chi connectivity index (χ1n) is 4.64. The van der Waals surface area contributed by atoms with E-state index in [1.165, 1.54) is 35.5 Å². The molecule has 0 aliphatic carbocycles. The largest absolute Gasteiger partial charge is 0.381 e.